The summed E-state index contributed by atoms with van der Waals surface area (Å²) >= 11 is 1.02. The lowest BCUT2D eigenvalue weighted by molar-refractivity contribution is -0.137. The number of phosphoric acid groups is 3. The van der Waals surface area contributed by atoms with E-state index in [1.807, 2.05) is 13.8 Å². The lowest BCUT2D eigenvalue weighted by Crippen LogP contribution is -2.46. The Hall–Kier alpha value is -2.97. The van der Waals surface area contributed by atoms with E-state index < -0.39 is 90.6 Å². The second-order valence-electron chi connectivity index (χ2n) is 16.6. The molecule has 374 valence electrons. The molecule has 0 spiro atoms. The summed E-state index contributed by atoms with van der Waals surface area (Å²) in [5.41, 5.74) is 4.24. The van der Waals surface area contributed by atoms with Crippen LogP contribution in [0.25, 0.3) is 11.2 Å². The summed E-state index contributed by atoms with van der Waals surface area (Å²) in [5, 5.41) is 29.4. The molecule has 8 atom stereocenters. The minimum absolute atomic E-state index is 0.0258. The number of nitrogens with one attached hydrogen (secondary N) is 3. The average molecular weight is 1020 g/mol. The number of aliphatic hydroxyl groups excluding tert-OH is 2. The highest BCUT2D eigenvalue weighted by Crippen LogP contribution is 2.61. The normalized spacial score (nSPS) is 22.3. The maximum Gasteiger partial charge on any atom is 0.481 e. The Morgan fingerprint density at radius 1 is 0.970 bits per heavy atom. The molecule has 1 aliphatic carbocycles. The van der Waals surface area contributed by atoms with E-state index in [1.54, 1.807) is 0 Å². The van der Waals surface area contributed by atoms with E-state index >= 15 is 0 Å². The van der Waals surface area contributed by atoms with Crippen molar-refractivity contribution in [2.45, 2.75) is 122 Å². The van der Waals surface area contributed by atoms with Crippen molar-refractivity contribution in [2.24, 2.45) is 17.3 Å². The molecular weight excluding hydrogens is 957 g/mol. The van der Waals surface area contributed by atoms with Crippen molar-refractivity contribution in [3.05, 3.63) is 12.7 Å². The highest BCUT2D eigenvalue weighted by atomic mass is 32.2. The smallest absolute Gasteiger partial charge is 0.386 e. The van der Waals surface area contributed by atoms with Gasteiger partial charge in [0.05, 0.1) is 25.6 Å². The molecule has 66 heavy (non-hydrogen) atoms. The number of ether oxygens (including phenoxy) is 1. The van der Waals surface area contributed by atoms with Gasteiger partial charge in [-0.05, 0) is 25.2 Å². The molecular formula is C36H61N8O18P3S. The van der Waals surface area contributed by atoms with Gasteiger partial charge < -0.3 is 56.2 Å². The Bertz CT molecular complexity index is 2120. The molecule has 1 aliphatic heterocycles. The first-order valence-corrected chi connectivity index (χ1v) is 26.7. The van der Waals surface area contributed by atoms with Crippen molar-refractivity contribution in [1.82, 2.24) is 35.5 Å². The molecule has 0 radical (unpaired) electrons. The van der Waals surface area contributed by atoms with Crippen LogP contribution in [-0.2, 0) is 55.5 Å². The number of nitrogen functional groups attached to an aromatic ring is 1. The average Bonchev–Trinajstić information content (AvgIpc) is 3.80. The number of aromatic nitrogens is 4. The maximum atomic E-state index is 13.2. The third-order valence-electron chi connectivity index (χ3n) is 11.0. The summed E-state index contributed by atoms with van der Waals surface area (Å²) in [4.78, 5) is 103. The largest absolute Gasteiger partial charge is 0.481 e. The van der Waals surface area contributed by atoms with Crippen molar-refractivity contribution in [1.29, 1.82) is 0 Å². The van der Waals surface area contributed by atoms with Gasteiger partial charge in [0, 0.05) is 36.6 Å². The number of carbonyl (C=O) groups is 4. The van der Waals surface area contributed by atoms with Gasteiger partial charge in [-0.15, -0.1) is 0 Å². The van der Waals surface area contributed by atoms with Gasteiger partial charge in [0.15, 0.2) is 17.7 Å². The monoisotopic (exact) mass is 1020 g/mol. The van der Waals surface area contributed by atoms with Crippen LogP contribution in [0.15, 0.2) is 12.7 Å². The standard InChI is InChI=1S/C36H61N8O18P3S/c1-5-22(6-2)32(48)43-23(16-21-10-8-7-9-11-21)35(50)66-15-14-38-25(45)12-13-39-33(49)29(47)36(3,4)18-59-65(56,57)62-64(54,55)58-17-24-28(61-63(51,52)53)27(46)34(60-24)44-20-42-26-30(37)40-19-41-31(26)44/h19-24,27-29,34,46-47H,5-18H2,1-4H3,(H,38,45)(H,39,49)(H,43,48)(H,54,55)(H,56,57)(H2,37,40,41)(H2,51,52,53)/t23-,24+,27+,28+,29?,34+/m0/s1. The van der Waals surface area contributed by atoms with Crippen molar-refractivity contribution in [2.75, 3.05) is 37.8 Å². The van der Waals surface area contributed by atoms with Gasteiger partial charge in [-0.1, -0.05) is 71.6 Å². The lowest BCUT2D eigenvalue weighted by atomic mass is 9.85. The molecule has 4 rings (SSSR count). The van der Waals surface area contributed by atoms with Crippen LogP contribution in [0.5, 0.6) is 0 Å². The number of phosphoric ester groups is 3. The van der Waals surface area contributed by atoms with E-state index in [-0.39, 0.29) is 59.2 Å². The molecule has 3 heterocycles. The third-order valence-corrected chi connectivity index (χ3v) is 15.1. The first-order chi connectivity index (χ1) is 30.9. The fourth-order valence-corrected chi connectivity index (χ4v) is 10.9. The Balaban J connectivity index is 1.20. The molecule has 0 aromatic carbocycles. The number of anilines is 1. The molecule has 2 aromatic heterocycles. The van der Waals surface area contributed by atoms with E-state index in [0.29, 0.717) is 25.2 Å². The van der Waals surface area contributed by atoms with E-state index in [1.165, 1.54) is 13.8 Å². The minimum Gasteiger partial charge on any atom is -0.386 e. The number of amides is 3. The summed E-state index contributed by atoms with van der Waals surface area (Å²) in [6.07, 6.45) is 0.244. The van der Waals surface area contributed by atoms with Crippen LogP contribution in [0, 0.1) is 17.3 Å². The zero-order valence-electron chi connectivity index (χ0n) is 36.9. The summed E-state index contributed by atoms with van der Waals surface area (Å²) in [6.45, 7) is 4.21. The van der Waals surface area contributed by atoms with Gasteiger partial charge in [-0.2, -0.15) is 4.31 Å². The Labute approximate surface area is 384 Å². The predicted octanol–water partition coefficient (Wildman–Crippen LogP) is 1.56. The van der Waals surface area contributed by atoms with Crippen molar-refractivity contribution < 1.29 is 85.3 Å². The summed E-state index contributed by atoms with van der Waals surface area (Å²) < 4.78 is 62.5. The number of imidazole rings is 1. The van der Waals surface area contributed by atoms with E-state index in [9.17, 15) is 62.7 Å². The molecule has 3 unspecified atom stereocenters. The number of rotatable bonds is 26. The summed E-state index contributed by atoms with van der Waals surface area (Å²) in [6, 6.07) is -0.626. The molecule has 30 heteroatoms. The number of thioether (sulfide) groups is 1. The van der Waals surface area contributed by atoms with E-state index in [0.717, 1.165) is 61.1 Å². The van der Waals surface area contributed by atoms with Gasteiger partial charge in [0.2, 0.25) is 22.8 Å². The Morgan fingerprint density at radius 2 is 1.64 bits per heavy atom. The number of hydrogen-bond acceptors (Lipinski definition) is 19. The van der Waals surface area contributed by atoms with Gasteiger partial charge in [0.25, 0.3) is 0 Å². The van der Waals surface area contributed by atoms with Crippen LogP contribution in [0.2, 0.25) is 0 Å². The molecule has 0 bridgehead atoms. The summed E-state index contributed by atoms with van der Waals surface area (Å²) in [7, 11) is -16.5. The van der Waals surface area contributed by atoms with Gasteiger partial charge >= 0.3 is 23.5 Å². The second-order valence-corrected chi connectivity index (χ2v) is 21.9. The number of carbonyl (C=O) groups excluding carboxylic acids is 4. The Kier molecular flexibility index (Phi) is 20.7. The van der Waals surface area contributed by atoms with Crippen LogP contribution in [0.1, 0.15) is 91.7 Å². The fraction of sp³-hybridized carbons (Fsp3) is 0.750. The van der Waals surface area contributed by atoms with Crippen LogP contribution >= 0.6 is 35.2 Å². The zero-order valence-corrected chi connectivity index (χ0v) is 40.4. The molecule has 3 amide bonds. The number of aliphatic hydroxyl groups is 2. The molecule has 2 aromatic rings. The van der Waals surface area contributed by atoms with E-state index in [4.69, 9.17) is 19.5 Å². The highest BCUT2D eigenvalue weighted by molar-refractivity contribution is 8.13. The molecule has 1 saturated carbocycles. The minimum atomic E-state index is -5.60. The highest BCUT2D eigenvalue weighted by Gasteiger charge is 2.50. The first kappa shape index (κ1) is 55.6. The quantitative estimate of drug-likeness (QED) is 0.0472. The van der Waals surface area contributed by atoms with Crippen LogP contribution in [0.4, 0.5) is 5.82 Å². The van der Waals surface area contributed by atoms with Crippen molar-refractivity contribution in [3.63, 3.8) is 0 Å². The predicted molar refractivity (Wildman–Crippen MR) is 234 cm³/mol. The van der Waals surface area contributed by atoms with Crippen LogP contribution in [-0.4, -0.2) is 135 Å². The number of nitrogens with two attached hydrogens (primary N) is 1. The Morgan fingerprint density at radius 3 is 2.29 bits per heavy atom. The van der Waals surface area contributed by atoms with Crippen molar-refractivity contribution >= 4 is 75.0 Å². The number of fused-ring (bicyclic) bond motifs is 1. The second kappa shape index (κ2) is 24.5. The zero-order chi connectivity index (χ0) is 49.0. The maximum absolute atomic E-state index is 13.2. The number of hydrogen-bond donors (Lipinski definition) is 10. The number of nitrogens with zero attached hydrogens (tertiary/aromatic N) is 4. The van der Waals surface area contributed by atoms with Crippen molar-refractivity contribution in [3.8, 4) is 0 Å². The molecule has 11 N–H and O–H groups in total. The van der Waals surface area contributed by atoms with Crippen LogP contribution < -0.4 is 21.7 Å². The molecule has 2 fully saturated rings. The van der Waals surface area contributed by atoms with Gasteiger partial charge in [-0.3, -0.25) is 37.3 Å². The molecule has 26 nitrogen and oxygen atoms in total. The van der Waals surface area contributed by atoms with Gasteiger partial charge in [-0.25, -0.2) is 28.6 Å². The topological polar surface area (TPSA) is 393 Å². The fourth-order valence-electron chi connectivity index (χ4n) is 7.30. The molecule has 1 saturated heterocycles. The van der Waals surface area contributed by atoms with Gasteiger partial charge in [0.1, 0.15) is 36.3 Å². The third kappa shape index (κ3) is 16.6. The first-order valence-electron chi connectivity index (χ1n) is 21.2. The SMILES string of the molecule is CCC(CC)C(=O)N[C@@H](CC1CCCCC1)C(=O)SCCNC(=O)CCNC(=O)C(O)C(C)(C)COP(=O)(O)OP(=O)(O)OC[C@H]1O[C@@H](n2cnc3c(N)ncnc32)[C@H](O)[C@@H]1OP(=O)(O)O. The van der Waals surface area contributed by atoms with E-state index in [2.05, 4.69) is 39.7 Å². The molecule has 2 aliphatic rings. The lowest BCUT2D eigenvalue weighted by Gasteiger charge is -2.30. The summed E-state index contributed by atoms with van der Waals surface area (Å²) in [5.74, 6) is -1.23. The van der Waals surface area contributed by atoms with Crippen LogP contribution in [0.3, 0.4) is 0 Å².